The molecule has 10 heteroatoms. The maximum Gasteiger partial charge on any atom is 0.335 e. The summed E-state index contributed by atoms with van der Waals surface area (Å²) in [4.78, 5) is 50.3. The lowest BCUT2D eigenvalue weighted by Gasteiger charge is -2.14. The van der Waals surface area contributed by atoms with Gasteiger partial charge in [0.25, 0.3) is 11.8 Å². The highest BCUT2D eigenvalue weighted by Gasteiger charge is 2.18. The van der Waals surface area contributed by atoms with Crippen LogP contribution in [0, 0.1) is 0 Å². The predicted molar refractivity (Wildman–Crippen MR) is 153 cm³/mol. The standard InChI is InChI=1S/C30H25N3O6S/c1-19(27(34)31-22-14-12-21(13-15-22)30(37)38)40-25-11-5-9-23(17-25)32-29(36)26(18-24-10-6-16-39-24)33-28(35)20-7-3-2-4-8-20/h2-19H,1H3,(H,31,34)(H,32,36)(H,33,35)(H,37,38)/b26-18-. The number of carbonyl (C=O) groups is 4. The van der Waals surface area contributed by atoms with Crippen LogP contribution in [0.3, 0.4) is 0 Å². The summed E-state index contributed by atoms with van der Waals surface area (Å²) in [5, 5.41) is 16.7. The van der Waals surface area contributed by atoms with Crippen molar-refractivity contribution < 1.29 is 28.7 Å². The van der Waals surface area contributed by atoms with Gasteiger partial charge in [0, 0.05) is 27.9 Å². The van der Waals surface area contributed by atoms with Gasteiger partial charge in [-0.15, -0.1) is 11.8 Å². The monoisotopic (exact) mass is 555 g/mol. The Morgan fingerprint density at radius 2 is 1.57 bits per heavy atom. The number of benzene rings is 3. The molecule has 0 radical (unpaired) electrons. The zero-order chi connectivity index (χ0) is 28.5. The summed E-state index contributed by atoms with van der Waals surface area (Å²) >= 11 is 1.28. The van der Waals surface area contributed by atoms with E-state index in [1.807, 2.05) is 6.07 Å². The highest BCUT2D eigenvalue weighted by atomic mass is 32.2. The molecule has 4 rings (SSSR count). The molecule has 1 aromatic heterocycles. The smallest absolute Gasteiger partial charge is 0.335 e. The number of rotatable bonds is 10. The zero-order valence-electron chi connectivity index (χ0n) is 21.3. The Morgan fingerprint density at radius 1 is 0.825 bits per heavy atom. The lowest BCUT2D eigenvalue weighted by Crippen LogP contribution is -2.30. The molecule has 1 heterocycles. The van der Waals surface area contributed by atoms with Crippen molar-refractivity contribution in [2.24, 2.45) is 0 Å². The summed E-state index contributed by atoms with van der Waals surface area (Å²) in [7, 11) is 0. The van der Waals surface area contributed by atoms with E-state index in [0.717, 1.165) is 4.90 Å². The molecule has 0 aliphatic heterocycles. The summed E-state index contributed by atoms with van der Waals surface area (Å²) in [6, 6.07) is 24.7. The molecular weight excluding hydrogens is 530 g/mol. The highest BCUT2D eigenvalue weighted by molar-refractivity contribution is 8.00. The molecule has 3 amide bonds. The first-order valence-electron chi connectivity index (χ1n) is 12.1. The van der Waals surface area contributed by atoms with Crippen LogP contribution in [0.2, 0.25) is 0 Å². The fourth-order valence-electron chi connectivity index (χ4n) is 3.50. The van der Waals surface area contributed by atoms with Gasteiger partial charge in [-0.05, 0) is 73.7 Å². The van der Waals surface area contributed by atoms with Gasteiger partial charge in [0.1, 0.15) is 11.5 Å². The van der Waals surface area contributed by atoms with Crippen molar-refractivity contribution in [2.75, 3.05) is 10.6 Å². The number of aromatic carboxylic acids is 1. The number of carboxylic acid groups (broad SMARTS) is 1. The lowest BCUT2D eigenvalue weighted by molar-refractivity contribution is -0.115. The summed E-state index contributed by atoms with van der Waals surface area (Å²) < 4.78 is 5.32. The van der Waals surface area contributed by atoms with Crippen molar-refractivity contribution in [3.8, 4) is 0 Å². The minimum Gasteiger partial charge on any atom is -0.478 e. The van der Waals surface area contributed by atoms with Gasteiger partial charge in [-0.1, -0.05) is 24.3 Å². The van der Waals surface area contributed by atoms with E-state index >= 15 is 0 Å². The molecule has 0 fully saturated rings. The molecule has 9 nitrogen and oxygen atoms in total. The van der Waals surface area contributed by atoms with Crippen LogP contribution in [0.25, 0.3) is 6.08 Å². The van der Waals surface area contributed by atoms with Crippen molar-refractivity contribution >= 4 is 52.9 Å². The first kappa shape index (κ1) is 27.9. The molecule has 4 aromatic rings. The second kappa shape index (κ2) is 13.1. The van der Waals surface area contributed by atoms with Gasteiger partial charge in [-0.25, -0.2) is 4.79 Å². The number of hydrogen-bond donors (Lipinski definition) is 4. The third-order valence-electron chi connectivity index (χ3n) is 5.53. The van der Waals surface area contributed by atoms with Crippen LogP contribution in [0.1, 0.15) is 33.4 Å². The topological polar surface area (TPSA) is 138 Å². The van der Waals surface area contributed by atoms with Gasteiger partial charge < -0.3 is 25.5 Å². The van der Waals surface area contributed by atoms with Gasteiger partial charge in [0.05, 0.1) is 17.1 Å². The highest BCUT2D eigenvalue weighted by Crippen LogP contribution is 2.27. The van der Waals surface area contributed by atoms with Crippen molar-refractivity contribution in [1.82, 2.24) is 5.32 Å². The molecule has 40 heavy (non-hydrogen) atoms. The van der Waals surface area contributed by atoms with Crippen LogP contribution in [0.15, 0.2) is 112 Å². The molecular formula is C30H25N3O6S. The molecule has 4 N–H and O–H groups in total. The summed E-state index contributed by atoms with van der Waals surface area (Å²) in [5.41, 5.74) is 1.46. The van der Waals surface area contributed by atoms with Crippen molar-refractivity contribution in [3.05, 3.63) is 120 Å². The Morgan fingerprint density at radius 3 is 2.25 bits per heavy atom. The van der Waals surface area contributed by atoms with E-state index in [9.17, 15) is 19.2 Å². The van der Waals surface area contributed by atoms with Gasteiger partial charge in [-0.2, -0.15) is 0 Å². The third-order valence-corrected chi connectivity index (χ3v) is 6.63. The number of thioether (sulfide) groups is 1. The number of anilines is 2. The molecule has 0 saturated carbocycles. The second-order valence-corrected chi connectivity index (χ2v) is 9.92. The first-order chi connectivity index (χ1) is 19.3. The normalized spacial score (nSPS) is 11.8. The lowest BCUT2D eigenvalue weighted by atomic mass is 10.2. The number of nitrogens with one attached hydrogen (secondary N) is 3. The van der Waals surface area contributed by atoms with Crippen LogP contribution in [0.5, 0.6) is 0 Å². The fourth-order valence-corrected chi connectivity index (χ4v) is 4.43. The van der Waals surface area contributed by atoms with Crippen LogP contribution in [-0.4, -0.2) is 34.0 Å². The Balaban J connectivity index is 1.42. The van der Waals surface area contributed by atoms with E-state index in [0.29, 0.717) is 22.7 Å². The molecule has 0 saturated heterocycles. The van der Waals surface area contributed by atoms with Gasteiger partial charge in [0.2, 0.25) is 5.91 Å². The van der Waals surface area contributed by atoms with Crippen LogP contribution in [-0.2, 0) is 9.59 Å². The van der Waals surface area contributed by atoms with E-state index in [-0.39, 0.29) is 17.2 Å². The molecule has 0 aliphatic rings. The summed E-state index contributed by atoms with van der Waals surface area (Å²) in [5.74, 6) is -1.93. The Hall–Kier alpha value is -5.09. The van der Waals surface area contributed by atoms with Gasteiger partial charge >= 0.3 is 5.97 Å². The third kappa shape index (κ3) is 7.71. The molecule has 0 spiro atoms. The summed E-state index contributed by atoms with van der Waals surface area (Å²) in [6.45, 7) is 1.74. The Kier molecular flexibility index (Phi) is 9.16. The van der Waals surface area contributed by atoms with E-state index in [2.05, 4.69) is 16.0 Å². The van der Waals surface area contributed by atoms with E-state index in [1.165, 1.54) is 48.4 Å². The number of carboxylic acids is 1. The van der Waals surface area contributed by atoms with E-state index in [1.54, 1.807) is 67.6 Å². The molecule has 0 aliphatic carbocycles. The SMILES string of the molecule is CC(Sc1cccc(NC(=O)/C(=C/c2ccco2)NC(=O)c2ccccc2)c1)C(=O)Nc1ccc(C(=O)O)cc1. The maximum atomic E-state index is 13.2. The zero-order valence-corrected chi connectivity index (χ0v) is 22.1. The van der Waals surface area contributed by atoms with E-state index in [4.69, 9.17) is 9.52 Å². The quantitative estimate of drug-likeness (QED) is 0.150. The van der Waals surface area contributed by atoms with Gasteiger partial charge in [-0.3, -0.25) is 14.4 Å². The Bertz CT molecular complexity index is 1530. The average Bonchev–Trinajstić information content (AvgIpc) is 3.47. The largest absolute Gasteiger partial charge is 0.478 e. The predicted octanol–water partition coefficient (Wildman–Crippen LogP) is 5.51. The van der Waals surface area contributed by atoms with Crippen LogP contribution in [0.4, 0.5) is 11.4 Å². The minimum absolute atomic E-state index is 0.0106. The summed E-state index contributed by atoms with van der Waals surface area (Å²) in [6.07, 6.45) is 2.90. The van der Waals surface area contributed by atoms with Gasteiger partial charge in [0.15, 0.2) is 0 Å². The first-order valence-corrected chi connectivity index (χ1v) is 13.0. The minimum atomic E-state index is -1.05. The number of carbonyl (C=O) groups excluding carboxylic acids is 3. The molecule has 3 aromatic carbocycles. The molecule has 1 unspecified atom stereocenters. The number of hydrogen-bond acceptors (Lipinski definition) is 6. The number of furan rings is 1. The Labute approximate surface area is 234 Å². The van der Waals surface area contributed by atoms with Crippen LogP contribution >= 0.6 is 11.8 Å². The molecule has 1 atom stereocenters. The number of amides is 3. The molecule has 0 bridgehead atoms. The second-order valence-electron chi connectivity index (χ2n) is 8.51. The van der Waals surface area contributed by atoms with Crippen LogP contribution < -0.4 is 16.0 Å². The molecule has 202 valence electrons. The van der Waals surface area contributed by atoms with Crippen molar-refractivity contribution in [1.29, 1.82) is 0 Å². The van der Waals surface area contributed by atoms with Crippen molar-refractivity contribution in [2.45, 2.75) is 17.1 Å². The maximum absolute atomic E-state index is 13.2. The van der Waals surface area contributed by atoms with Crippen molar-refractivity contribution in [3.63, 3.8) is 0 Å². The average molecular weight is 556 g/mol. The fraction of sp³-hybridized carbons (Fsp3) is 0.0667. The van der Waals surface area contributed by atoms with E-state index < -0.39 is 23.0 Å².